The number of rotatable bonds is 6. The average Bonchev–Trinajstić information content (AvgIpc) is 2.69. The van der Waals surface area contributed by atoms with Crippen molar-refractivity contribution in [3.63, 3.8) is 0 Å². The standard InChI is InChI=1S/C20H25N3O4S/c1-22(2)28(25,26)19-8-4-7-18(14-19)21-20(24)17-6-3-5-16(13-17)15-23-9-11-27-12-10-23/h3-8,13-14H,9-12,15H2,1-2H3,(H,21,24). The van der Waals surface area contributed by atoms with E-state index in [1.807, 2.05) is 18.2 Å². The summed E-state index contributed by atoms with van der Waals surface area (Å²) in [5.41, 5.74) is 2.02. The van der Waals surface area contributed by atoms with E-state index in [9.17, 15) is 13.2 Å². The molecule has 150 valence electrons. The first-order valence-electron chi connectivity index (χ1n) is 9.09. The molecule has 0 saturated carbocycles. The summed E-state index contributed by atoms with van der Waals surface area (Å²) < 4.78 is 31.1. The molecule has 2 aromatic rings. The van der Waals surface area contributed by atoms with E-state index in [0.717, 1.165) is 42.7 Å². The van der Waals surface area contributed by atoms with Crippen molar-refractivity contribution in [2.45, 2.75) is 11.4 Å². The molecule has 0 spiro atoms. The first kappa shape index (κ1) is 20.5. The Morgan fingerprint density at radius 3 is 2.54 bits per heavy atom. The van der Waals surface area contributed by atoms with Crippen LogP contribution in [0.4, 0.5) is 5.69 Å². The van der Waals surface area contributed by atoms with E-state index >= 15 is 0 Å². The minimum Gasteiger partial charge on any atom is -0.379 e. The number of morpholine rings is 1. The maximum atomic E-state index is 12.6. The highest BCUT2D eigenvalue weighted by Gasteiger charge is 2.18. The van der Waals surface area contributed by atoms with Crippen molar-refractivity contribution in [3.05, 3.63) is 59.7 Å². The number of carbonyl (C=O) groups excluding carboxylic acids is 1. The molecular formula is C20H25N3O4S. The highest BCUT2D eigenvalue weighted by Crippen LogP contribution is 2.19. The zero-order valence-corrected chi connectivity index (χ0v) is 16.9. The molecule has 0 atom stereocenters. The lowest BCUT2D eigenvalue weighted by atomic mass is 10.1. The van der Waals surface area contributed by atoms with Crippen LogP contribution in [0.3, 0.4) is 0 Å². The van der Waals surface area contributed by atoms with Crippen molar-refractivity contribution in [2.75, 3.05) is 45.7 Å². The number of nitrogens with one attached hydrogen (secondary N) is 1. The van der Waals surface area contributed by atoms with E-state index in [1.165, 1.54) is 26.2 Å². The number of nitrogens with zero attached hydrogens (tertiary/aromatic N) is 2. The highest BCUT2D eigenvalue weighted by molar-refractivity contribution is 7.89. The van der Waals surface area contributed by atoms with Gasteiger partial charge < -0.3 is 10.1 Å². The molecule has 3 rings (SSSR count). The lowest BCUT2D eigenvalue weighted by Crippen LogP contribution is -2.35. The van der Waals surface area contributed by atoms with E-state index < -0.39 is 10.0 Å². The molecule has 0 unspecified atom stereocenters. The predicted octanol–water partition coefficient (Wildman–Crippen LogP) is 2.02. The third-order valence-corrected chi connectivity index (χ3v) is 6.38. The fraction of sp³-hybridized carbons (Fsp3) is 0.350. The van der Waals surface area contributed by atoms with Gasteiger partial charge in [-0.3, -0.25) is 9.69 Å². The van der Waals surface area contributed by atoms with Crippen LogP contribution in [-0.2, 0) is 21.3 Å². The van der Waals surface area contributed by atoms with Crippen molar-refractivity contribution in [1.82, 2.24) is 9.21 Å². The van der Waals surface area contributed by atoms with Crippen molar-refractivity contribution in [2.24, 2.45) is 0 Å². The maximum Gasteiger partial charge on any atom is 0.255 e. The Kier molecular flexibility index (Phi) is 6.46. The lowest BCUT2D eigenvalue weighted by molar-refractivity contribution is 0.0342. The Balaban J connectivity index is 1.72. The molecule has 28 heavy (non-hydrogen) atoms. The molecule has 0 bridgehead atoms. The van der Waals surface area contributed by atoms with Gasteiger partial charge in [-0.25, -0.2) is 12.7 Å². The zero-order chi connectivity index (χ0) is 20.1. The second-order valence-electron chi connectivity index (χ2n) is 6.86. The number of hydrogen-bond acceptors (Lipinski definition) is 5. The van der Waals surface area contributed by atoms with Gasteiger partial charge in [0.25, 0.3) is 5.91 Å². The summed E-state index contributed by atoms with van der Waals surface area (Å²) in [6.45, 7) is 3.98. The summed E-state index contributed by atoms with van der Waals surface area (Å²) in [6, 6.07) is 13.7. The minimum absolute atomic E-state index is 0.136. The van der Waals surface area contributed by atoms with Crippen molar-refractivity contribution in [1.29, 1.82) is 0 Å². The van der Waals surface area contributed by atoms with Crippen LogP contribution in [-0.4, -0.2) is 63.9 Å². The molecule has 1 aliphatic heterocycles. The van der Waals surface area contributed by atoms with Crippen LogP contribution in [0.15, 0.2) is 53.4 Å². The molecule has 1 aliphatic rings. The predicted molar refractivity (Wildman–Crippen MR) is 108 cm³/mol. The number of ether oxygens (including phenoxy) is 1. The molecule has 7 nitrogen and oxygen atoms in total. The summed E-state index contributed by atoms with van der Waals surface area (Å²) >= 11 is 0. The number of benzene rings is 2. The van der Waals surface area contributed by atoms with Gasteiger partial charge in [0.15, 0.2) is 0 Å². The molecule has 8 heteroatoms. The highest BCUT2D eigenvalue weighted by atomic mass is 32.2. The molecule has 1 amide bonds. The van der Waals surface area contributed by atoms with E-state index in [1.54, 1.807) is 18.2 Å². The quantitative estimate of drug-likeness (QED) is 0.798. The normalized spacial score (nSPS) is 15.5. The molecule has 1 fully saturated rings. The zero-order valence-electron chi connectivity index (χ0n) is 16.1. The van der Waals surface area contributed by atoms with Crippen LogP contribution in [0.2, 0.25) is 0 Å². The molecule has 1 N–H and O–H groups in total. The topological polar surface area (TPSA) is 79.0 Å². The Bertz CT molecular complexity index is 938. The molecule has 0 aliphatic carbocycles. The second kappa shape index (κ2) is 8.83. The second-order valence-corrected chi connectivity index (χ2v) is 9.01. The summed E-state index contributed by atoms with van der Waals surface area (Å²) in [6.07, 6.45) is 0. The number of anilines is 1. The monoisotopic (exact) mass is 403 g/mol. The Hall–Kier alpha value is -2.26. The summed E-state index contributed by atoms with van der Waals surface area (Å²) in [5, 5.41) is 2.78. The summed E-state index contributed by atoms with van der Waals surface area (Å²) in [7, 11) is -0.611. The fourth-order valence-electron chi connectivity index (χ4n) is 2.98. The van der Waals surface area contributed by atoms with Gasteiger partial charge in [-0.15, -0.1) is 0 Å². The van der Waals surface area contributed by atoms with Crippen LogP contribution in [0.1, 0.15) is 15.9 Å². The fourth-order valence-corrected chi connectivity index (χ4v) is 3.92. The largest absolute Gasteiger partial charge is 0.379 e. The van der Waals surface area contributed by atoms with Gasteiger partial charge in [0, 0.05) is 45.0 Å². The first-order valence-corrected chi connectivity index (χ1v) is 10.5. The van der Waals surface area contributed by atoms with Crippen molar-refractivity contribution >= 4 is 21.6 Å². The molecule has 0 aromatic heterocycles. The van der Waals surface area contributed by atoms with Gasteiger partial charge in [-0.05, 0) is 35.9 Å². The van der Waals surface area contributed by atoms with Crippen LogP contribution < -0.4 is 5.32 Å². The van der Waals surface area contributed by atoms with Gasteiger partial charge in [0.2, 0.25) is 10.0 Å². The third-order valence-electron chi connectivity index (χ3n) is 4.57. The molecular weight excluding hydrogens is 378 g/mol. The molecule has 2 aromatic carbocycles. The number of sulfonamides is 1. The van der Waals surface area contributed by atoms with Gasteiger partial charge in [-0.1, -0.05) is 18.2 Å². The Morgan fingerprint density at radius 1 is 1.11 bits per heavy atom. The molecule has 0 radical (unpaired) electrons. The van der Waals surface area contributed by atoms with Crippen LogP contribution >= 0.6 is 0 Å². The summed E-state index contributed by atoms with van der Waals surface area (Å²) in [4.78, 5) is 15.1. The summed E-state index contributed by atoms with van der Waals surface area (Å²) in [5.74, 6) is -0.275. The van der Waals surface area contributed by atoms with Crippen molar-refractivity contribution < 1.29 is 17.9 Å². The maximum absolute atomic E-state index is 12.6. The lowest BCUT2D eigenvalue weighted by Gasteiger charge is -2.26. The first-order chi connectivity index (χ1) is 13.4. The SMILES string of the molecule is CN(C)S(=O)(=O)c1cccc(NC(=O)c2cccc(CN3CCOCC3)c2)c1. The molecule has 1 heterocycles. The molecule has 1 saturated heterocycles. The third kappa shape index (κ3) is 4.96. The van der Waals surface area contributed by atoms with E-state index in [-0.39, 0.29) is 10.8 Å². The number of hydrogen-bond donors (Lipinski definition) is 1. The smallest absolute Gasteiger partial charge is 0.255 e. The average molecular weight is 404 g/mol. The van der Waals surface area contributed by atoms with E-state index in [0.29, 0.717) is 11.3 Å². The van der Waals surface area contributed by atoms with Gasteiger partial charge in [0.05, 0.1) is 18.1 Å². The number of amides is 1. The Labute approximate surface area is 166 Å². The van der Waals surface area contributed by atoms with E-state index in [2.05, 4.69) is 10.2 Å². The van der Waals surface area contributed by atoms with E-state index in [4.69, 9.17) is 4.74 Å². The minimum atomic E-state index is -3.56. The van der Waals surface area contributed by atoms with Crippen LogP contribution in [0.5, 0.6) is 0 Å². The number of carbonyl (C=O) groups is 1. The van der Waals surface area contributed by atoms with Crippen LogP contribution in [0.25, 0.3) is 0 Å². The van der Waals surface area contributed by atoms with Crippen LogP contribution in [0, 0.1) is 0 Å². The van der Waals surface area contributed by atoms with Gasteiger partial charge >= 0.3 is 0 Å². The Morgan fingerprint density at radius 2 is 1.82 bits per heavy atom. The van der Waals surface area contributed by atoms with Crippen molar-refractivity contribution in [3.8, 4) is 0 Å². The van der Waals surface area contributed by atoms with Gasteiger partial charge in [-0.2, -0.15) is 0 Å². The van der Waals surface area contributed by atoms with Gasteiger partial charge in [0.1, 0.15) is 0 Å².